The summed E-state index contributed by atoms with van der Waals surface area (Å²) in [6.45, 7) is 8.47. The van der Waals surface area contributed by atoms with Crippen LogP contribution in [0.5, 0.6) is 0 Å². The van der Waals surface area contributed by atoms with Crippen LogP contribution in [0.25, 0.3) is 0 Å². The third-order valence-electron chi connectivity index (χ3n) is 4.21. The maximum absolute atomic E-state index is 14.0. The van der Waals surface area contributed by atoms with E-state index in [-0.39, 0.29) is 26.9 Å². The Kier molecular flexibility index (Phi) is 6.77. The van der Waals surface area contributed by atoms with Crippen molar-refractivity contribution < 1.29 is 9.36 Å². The predicted octanol–water partition coefficient (Wildman–Crippen LogP) is 6.89. The molecule has 5 heteroatoms. The number of carbonyl (C=O) groups is 1. The molecule has 0 aliphatic rings. The summed E-state index contributed by atoms with van der Waals surface area (Å²) in [6, 6.07) is 13.9. The largest absolute Gasteiger partial charge is 0.310 e. The molecule has 0 saturated heterocycles. The van der Waals surface area contributed by atoms with Gasteiger partial charge >= 0.3 is 0 Å². The van der Waals surface area contributed by atoms with E-state index in [0.717, 1.165) is 6.42 Å². The van der Waals surface area contributed by atoms with Crippen molar-refractivity contribution in [3.05, 3.63) is 64.1 Å². The molecule has 0 radical (unpaired) electrons. The summed E-state index contributed by atoms with van der Waals surface area (Å²) < 4.78 is 14.0. The first-order valence-corrected chi connectivity index (χ1v) is 11.3. The van der Waals surface area contributed by atoms with Crippen molar-refractivity contribution in [3.63, 3.8) is 0 Å². The topological polar surface area (TPSA) is 34.1 Å². The smallest absolute Gasteiger partial charge is 0.228 e. The average molecular weight is 411 g/mol. The highest BCUT2D eigenvalue weighted by Gasteiger charge is 2.38. The minimum atomic E-state index is -3.39. The van der Waals surface area contributed by atoms with Gasteiger partial charge in [0.2, 0.25) is 5.52 Å². The van der Waals surface area contributed by atoms with Crippen LogP contribution < -0.4 is 5.30 Å². The van der Waals surface area contributed by atoms with E-state index >= 15 is 0 Å². The van der Waals surface area contributed by atoms with Gasteiger partial charge in [0.15, 0.2) is 7.14 Å². The first-order valence-electron chi connectivity index (χ1n) is 8.68. The van der Waals surface area contributed by atoms with E-state index in [0.29, 0.717) is 11.5 Å². The highest BCUT2D eigenvalue weighted by Crippen LogP contribution is 2.52. The van der Waals surface area contributed by atoms with Crippen molar-refractivity contribution in [3.8, 4) is 0 Å². The molecule has 2 aromatic rings. The van der Waals surface area contributed by atoms with E-state index in [2.05, 4.69) is 20.8 Å². The molecule has 0 amide bonds. The summed E-state index contributed by atoms with van der Waals surface area (Å²) in [5, 5.41) is 1.03. The highest BCUT2D eigenvalue weighted by molar-refractivity contribution is 7.87. The Hall–Kier alpha value is -1.08. The molecule has 2 nitrogen and oxygen atoms in total. The zero-order valence-corrected chi connectivity index (χ0v) is 18.0. The molecule has 2 rings (SSSR count). The molecule has 0 saturated carbocycles. The molecule has 0 aliphatic carbocycles. The molecule has 0 heterocycles. The zero-order chi connectivity index (χ0) is 19.5. The van der Waals surface area contributed by atoms with E-state index in [1.165, 1.54) is 0 Å². The number of hydrogen-bond donors (Lipinski definition) is 0. The van der Waals surface area contributed by atoms with E-state index < -0.39 is 12.7 Å². The van der Waals surface area contributed by atoms with Crippen LogP contribution in [0.1, 0.15) is 44.5 Å². The lowest BCUT2D eigenvalue weighted by Gasteiger charge is -2.27. The van der Waals surface area contributed by atoms with E-state index in [1.807, 2.05) is 13.0 Å². The monoisotopic (exact) mass is 410 g/mol. The Morgan fingerprint density at radius 2 is 1.54 bits per heavy atom. The van der Waals surface area contributed by atoms with Crippen LogP contribution in [0.4, 0.5) is 0 Å². The summed E-state index contributed by atoms with van der Waals surface area (Å²) in [7, 11) is -3.39. The molecule has 0 aliphatic heterocycles. The Morgan fingerprint density at radius 1 is 1.00 bits per heavy atom. The molecule has 0 fully saturated rings. The van der Waals surface area contributed by atoms with E-state index in [9.17, 15) is 9.36 Å². The zero-order valence-electron chi connectivity index (χ0n) is 15.6. The Morgan fingerprint density at radius 3 is 2.04 bits per heavy atom. The summed E-state index contributed by atoms with van der Waals surface area (Å²) in [5.74, 6) is 0.117. The lowest BCUT2D eigenvalue weighted by molar-refractivity contribution is 0.107. The van der Waals surface area contributed by atoms with Crippen LogP contribution in [-0.2, 0) is 4.57 Å². The fourth-order valence-corrected chi connectivity index (χ4v) is 6.98. The SMILES string of the molecule is CC(CC(C)(C)C)CP(=O)(C(=O)c1c(Cl)cccc1Cl)c1ccccc1. The normalized spacial score (nSPS) is 15.3. The van der Waals surface area contributed by atoms with Gasteiger partial charge in [-0.25, -0.2) is 0 Å². The Balaban J connectivity index is 2.51. The first kappa shape index (κ1) is 21.2. The minimum absolute atomic E-state index is 0.0893. The number of hydrogen-bond acceptors (Lipinski definition) is 2. The quantitative estimate of drug-likeness (QED) is 0.485. The lowest BCUT2D eigenvalue weighted by atomic mass is 9.86. The van der Waals surface area contributed by atoms with Gasteiger partial charge in [-0.3, -0.25) is 4.79 Å². The second-order valence-electron chi connectivity index (χ2n) is 8.03. The standard InChI is InChI=1S/C21H25Cl2O2P/c1-15(13-21(2,3)4)14-26(25,16-9-6-5-7-10-16)20(24)19-17(22)11-8-12-18(19)23/h5-12,15H,13-14H2,1-4H3. The van der Waals surface area contributed by atoms with Gasteiger partial charge in [0.05, 0.1) is 15.6 Å². The third-order valence-corrected chi connectivity index (χ3v) is 7.99. The molecule has 140 valence electrons. The molecule has 26 heavy (non-hydrogen) atoms. The van der Waals surface area contributed by atoms with Crippen LogP contribution in [0.3, 0.4) is 0 Å². The van der Waals surface area contributed by atoms with Gasteiger partial charge in [0.1, 0.15) is 0 Å². The first-order chi connectivity index (χ1) is 12.0. The maximum Gasteiger partial charge on any atom is 0.228 e. The molecule has 2 unspecified atom stereocenters. The Labute approximate surface area is 166 Å². The van der Waals surface area contributed by atoms with Gasteiger partial charge < -0.3 is 4.57 Å². The molecule has 0 spiro atoms. The van der Waals surface area contributed by atoms with Gasteiger partial charge in [0.25, 0.3) is 0 Å². The van der Waals surface area contributed by atoms with Gasteiger partial charge in [-0.2, -0.15) is 0 Å². The summed E-state index contributed by atoms with van der Waals surface area (Å²) in [4.78, 5) is 13.4. The van der Waals surface area contributed by atoms with Crippen LogP contribution in [0.15, 0.2) is 48.5 Å². The summed E-state index contributed by atoms with van der Waals surface area (Å²) in [6.07, 6.45) is 1.17. The summed E-state index contributed by atoms with van der Waals surface area (Å²) in [5.41, 5.74) is -0.211. The molecule has 2 atom stereocenters. The highest BCUT2D eigenvalue weighted by atomic mass is 35.5. The number of carbonyl (C=O) groups excluding carboxylic acids is 1. The summed E-state index contributed by atoms with van der Waals surface area (Å²) >= 11 is 12.5. The molecule has 0 N–H and O–H groups in total. The fraction of sp³-hybridized carbons (Fsp3) is 0.381. The van der Waals surface area contributed by atoms with Crippen LogP contribution in [-0.4, -0.2) is 11.7 Å². The van der Waals surface area contributed by atoms with E-state index in [1.54, 1.807) is 42.5 Å². The fourth-order valence-electron chi connectivity index (χ4n) is 3.41. The molecule has 0 bridgehead atoms. The van der Waals surface area contributed by atoms with Gasteiger partial charge in [-0.1, -0.05) is 87.3 Å². The van der Waals surface area contributed by atoms with Crippen molar-refractivity contribution >= 4 is 41.2 Å². The second kappa shape index (κ2) is 8.30. The molecule has 0 aromatic heterocycles. The van der Waals surface area contributed by atoms with E-state index in [4.69, 9.17) is 23.2 Å². The van der Waals surface area contributed by atoms with Crippen LogP contribution in [0, 0.1) is 11.3 Å². The second-order valence-corrected chi connectivity index (χ2v) is 11.6. The molecule has 2 aromatic carbocycles. The number of halogens is 2. The Bertz CT molecular complexity index is 805. The van der Waals surface area contributed by atoms with Crippen molar-refractivity contribution in [1.82, 2.24) is 0 Å². The molecular weight excluding hydrogens is 386 g/mol. The number of benzene rings is 2. The average Bonchev–Trinajstić information content (AvgIpc) is 2.53. The van der Waals surface area contributed by atoms with Crippen molar-refractivity contribution in [2.45, 2.75) is 34.1 Å². The minimum Gasteiger partial charge on any atom is -0.310 e. The molecular formula is C21H25Cl2O2P. The van der Waals surface area contributed by atoms with Crippen molar-refractivity contribution in [1.29, 1.82) is 0 Å². The third kappa shape index (κ3) is 5.00. The van der Waals surface area contributed by atoms with Crippen molar-refractivity contribution in [2.75, 3.05) is 6.16 Å². The van der Waals surface area contributed by atoms with Crippen LogP contribution in [0.2, 0.25) is 10.0 Å². The predicted molar refractivity (Wildman–Crippen MR) is 113 cm³/mol. The number of rotatable bonds is 6. The van der Waals surface area contributed by atoms with Crippen LogP contribution >= 0.6 is 30.3 Å². The lowest BCUT2D eigenvalue weighted by Crippen LogP contribution is -2.22. The van der Waals surface area contributed by atoms with Gasteiger partial charge in [-0.15, -0.1) is 0 Å². The van der Waals surface area contributed by atoms with Gasteiger partial charge in [-0.05, 0) is 29.9 Å². The van der Waals surface area contributed by atoms with Gasteiger partial charge in [0, 0.05) is 11.5 Å². The van der Waals surface area contributed by atoms with Crippen molar-refractivity contribution in [2.24, 2.45) is 11.3 Å². The maximum atomic E-state index is 14.0.